The van der Waals surface area contributed by atoms with Crippen molar-refractivity contribution in [2.45, 2.75) is 4.87 Å². The van der Waals surface area contributed by atoms with Crippen LogP contribution in [0.4, 0.5) is 10.1 Å². The van der Waals surface area contributed by atoms with E-state index >= 15 is 0 Å². The Morgan fingerprint density at radius 2 is 1.95 bits per heavy atom. The lowest BCUT2D eigenvalue weighted by atomic mass is 10.1. The van der Waals surface area contributed by atoms with Gasteiger partial charge < -0.3 is 5.32 Å². The third kappa shape index (κ3) is 1.91. The second-order valence-corrected chi connectivity index (χ2v) is 6.60. The number of benzene rings is 2. The summed E-state index contributed by atoms with van der Waals surface area (Å²) in [5, 5.41) is 8.29. The average Bonchev–Trinajstić information content (AvgIpc) is 3.06. The van der Waals surface area contributed by atoms with Crippen molar-refractivity contribution in [3.63, 3.8) is 0 Å². The van der Waals surface area contributed by atoms with Crippen molar-refractivity contribution in [1.29, 1.82) is 0 Å². The van der Waals surface area contributed by atoms with E-state index < -0.39 is 10.7 Å². The highest BCUT2D eigenvalue weighted by Gasteiger charge is 2.52. The van der Waals surface area contributed by atoms with Crippen molar-refractivity contribution in [2.75, 3.05) is 5.32 Å². The van der Waals surface area contributed by atoms with Gasteiger partial charge in [-0.2, -0.15) is 5.10 Å². The van der Waals surface area contributed by atoms with Crippen LogP contribution in [0.15, 0.2) is 47.6 Å². The number of hydrogen-bond donors (Lipinski definition) is 2. The van der Waals surface area contributed by atoms with Crippen LogP contribution in [0.1, 0.15) is 11.1 Å². The third-order valence-electron chi connectivity index (χ3n) is 3.58. The maximum absolute atomic E-state index is 13.6. The fourth-order valence-electron chi connectivity index (χ4n) is 2.50. The van der Waals surface area contributed by atoms with E-state index in [2.05, 4.69) is 15.8 Å². The van der Waals surface area contributed by atoms with Crippen molar-refractivity contribution in [3.8, 4) is 0 Å². The Kier molecular flexibility index (Phi) is 2.92. The number of carbonyl (C=O) groups is 1. The number of nitrogens with one attached hydrogen (secondary N) is 2. The van der Waals surface area contributed by atoms with Gasteiger partial charge in [-0.25, -0.2) is 4.39 Å². The van der Waals surface area contributed by atoms with Crippen molar-refractivity contribution in [2.24, 2.45) is 5.10 Å². The maximum Gasteiger partial charge on any atom is 0.267 e. The molecule has 22 heavy (non-hydrogen) atoms. The highest BCUT2D eigenvalue weighted by molar-refractivity contribution is 8.16. The zero-order valence-electron chi connectivity index (χ0n) is 11.1. The van der Waals surface area contributed by atoms with Crippen LogP contribution in [-0.2, 0) is 9.67 Å². The topological polar surface area (TPSA) is 53.5 Å². The number of nitrogens with zero attached hydrogens (tertiary/aromatic N) is 1. The van der Waals surface area contributed by atoms with E-state index in [4.69, 9.17) is 11.6 Å². The van der Waals surface area contributed by atoms with Gasteiger partial charge in [-0.15, -0.1) is 0 Å². The van der Waals surface area contributed by atoms with Crippen molar-refractivity contribution in [3.05, 3.63) is 64.4 Å². The summed E-state index contributed by atoms with van der Waals surface area (Å²) in [6.45, 7) is 0. The van der Waals surface area contributed by atoms with Crippen LogP contribution < -0.4 is 10.7 Å². The molecule has 2 aliphatic rings. The number of thioether (sulfide) groups is 1. The van der Waals surface area contributed by atoms with Crippen molar-refractivity contribution >= 4 is 40.0 Å². The minimum Gasteiger partial charge on any atom is -0.323 e. The van der Waals surface area contributed by atoms with Gasteiger partial charge in [-0.3, -0.25) is 10.2 Å². The maximum atomic E-state index is 13.6. The molecule has 4 rings (SSSR count). The van der Waals surface area contributed by atoms with Gasteiger partial charge in [0.05, 0.1) is 0 Å². The van der Waals surface area contributed by atoms with E-state index in [1.807, 2.05) is 12.1 Å². The fraction of sp³-hybridized carbons (Fsp3) is 0.0667. The van der Waals surface area contributed by atoms with Crippen molar-refractivity contribution in [1.82, 2.24) is 5.43 Å². The van der Waals surface area contributed by atoms with Crippen molar-refractivity contribution < 1.29 is 9.18 Å². The minimum atomic E-state index is -1.12. The van der Waals surface area contributed by atoms with Crippen LogP contribution in [0.3, 0.4) is 0 Å². The lowest BCUT2D eigenvalue weighted by Gasteiger charge is -2.19. The third-order valence-corrected chi connectivity index (χ3v) is 5.16. The lowest BCUT2D eigenvalue weighted by Crippen LogP contribution is -2.39. The van der Waals surface area contributed by atoms with Gasteiger partial charge in [0.15, 0.2) is 0 Å². The van der Waals surface area contributed by atoms with Crippen LogP contribution in [0, 0.1) is 5.82 Å². The van der Waals surface area contributed by atoms with E-state index in [1.54, 1.807) is 18.2 Å². The van der Waals surface area contributed by atoms with Gasteiger partial charge in [-0.1, -0.05) is 35.5 Å². The largest absolute Gasteiger partial charge is 0.323 e. The first-order valence-corrected chi connectivity index (χ1v) is 7.69. The lowest BCUT2D eigenvalue weighted by molar-refractivity contribution is -0.118. The number of halogens is 2. The molecule has 0 aliphatic carbocycles. The minimum absolute atomic E-state index is 0.259. The summed E-state index contributed by atoms with van der Waals surface area (Å²) in [6.07, 6.45) is 0. The Bertz CT molecular complexity index is 824. The molecule has 2 aromatic rings. The van der Waals surface area contributed by atoms with Gasteiger partial charge >= 0.3 is 0 Å². The predicted octanol–water partition coefficient (Wildman–Crippen LogP) is 3.28. The molecule has 0 fully saturated rings. The molecule has 1 unspecified atom stereocenters. The Morgan fingerprint density at radius 1 is 1.18 bits per heavy atom. The van der Waals surface area contributed by atoms with Gasteiger partial charge in [0.25, 0.3) is 5.91 Å². The predicted molar refractivity (Wildman–Crippen MR) is 85.4 cm³/mol. The van der Waals surface area contributed by atoms with Crippen LogP contribution in [-0.4, -0.2) is 11.0 Å². The highest BCUT2D eigenvalue weighted by atomic mass is 35.5. The second-order valence-electron chi connectivity index (χ2n) is 4.96. The van der Waals surface area contributed by atoms with Gasteiger partial charge in [-0.05, 0) is 30.3 Å². The number of anilines is 1. The first-order valence-electron chi connectivity index (χ1n) is 6.50. The quantitative estimate of drug-likeness (QED) is 0.842. The monoisotopic (exact) mass is 333 g/mol. The second kappa shape index (κ2) is 4.72. The zero-order chi connectivity index (χ0) is 15.3. The smallest absolute Gasteiger partial charge is 0.267 e. The van der Waals surface area contributed by atoms with E-state index in [0.717, 1.165) is 5.56 Å². The summed E-state index contributed by atoms with van der Waals surface area (Å²) in [4.78, 5) is 11.3. The number of amides is 1. The molecule has 1 atom stereocenters. The molecule has 2 aromatic carbocycles. The molecule has 110 valence electrons. The first-order chi connectivity index (χ1) is 10.6. The summed E-state index contributed by atoms with van der Waals surface area (Å²) in [5.74, 6) is -0.650. The molecule has 2 N–H and O–H groups in total. The SMILES string of the molecule is O=C1Nc2ccc(F)cc2C12NN=C(c1ccc(Cl)cc1)S2. The fourth-order valence-corrected chi connectivity index (χ4v) is 3.77. The Morgan fingerprint density at radius 3 is 2.73 bits per heavy atom. The molecule has 0 aromatic heterocycles. The molecule has 4 nitrogen and oxygen atoms in total. The number of hydrogen-bond acceptors (Lipinski definition) is 4. The molecule has 1 amide bonds. The van der Waals surface area contributed by atoms with Crippen LogP contribution >= 0.6 is 23.4 Å². The zero-order valence-corrected chi connectivity index (χ0v) is 12.6. The normalized spacial score (nSPS) is 22.3. The first kappa shape index (κ1) is 13.6. The molecular weight excluding hydrogens is 325 g/mol. The Labute approximate surface area is 134 Å². The molecule has 0 bridgehead atoms. The van der Waals surface area contributed by atoms with Crippen LogP contribution in [0.25, 0.3) is 0 Å². The molecule has 2 heterocycles. The van der Waals surface area contributed by atoms with E-state index in [-0.39, 0.29) is 5.91 Å². The summed E-state index contributed by atoms with van der Waals surface area (Å²) in [7, 11) is 0. The average molecular weight is 334 g/mol. The highest BCUT2D eigenvalue weighted by Crippen LogP contribution is 2.48. The van der Waals surface area contributed by atoms with Gasteiger partial charge in [0, 0.05) is 21.8 Å². The number of fused-ring (bicyclic) bond motifs is 2. The van der Waals surface area contributed by atoms with Crippen LogP contribution in [0.2, 0.25) is 5.02 Å². The molecule has 7 heteroatoms. The van der Waals surface area contributed by atoms with Gasteiger partial charge in [0.1, 0.15) is 10.9 Å². The summed E-state index contributed by atoms with van der Waals surface area (Å²) >= 11 is 7.13. The molecule has 0 saturated carbocycles. The number of carbonyl (C=O) groups excluding carboxylic acids is 1. The molecule has 2 aliphatic heterocycles. The van der Waals surface area contributed by atoms with Crippen LogP contribution in [0.5, 0.6) is 0 Å². The van der Waals surface area contributed by atoms with E-state index in [9.17, 15) is 9.18 Å². The summed E-state index contributed by atoms with van der Waals surface area (Å²) < 4.78 is 13.6. The van der Waals surface area contributed by atoms with E-state index in [0.29, 0.717) is 21.3 Å². The van der Waals surface area contributed by atoms with Gasteiger partial charge in [0.2, 0.25) is 4.87 Å². The van der Waals surface area contributed by atoms with E-state index in [1.165, 1.54) is 23.9 Å². The summed E-state index contributed by atoms with van der Waals surface area (Å²) in [5.41, 5.74) is 4.86. The number of rotatable bonds is 1. The Balaban J connectivity index is 1.73. The molecule has 0 radical (unpaired) electrons. The number of hydrazone groups is 1. The standard InChI is InChI=1S/C15H9ClFN3OS/c16-9-3-1-8(2-4-9)13-19-20-15(22-13)11-7-10(17)5-6-12(11)18-14(15)21/h1-7,20H,(H,18,21). The summed E-state index contributed by atoms with van der Waals surface area (Å²) in [6, 6.07) is 11.4. The molecule has 0 saturated heterocycles. The molecule has 1 spiro atoms. The Hall–Kier alpha value is -2.05. The molecular formula is C15H9ClFN3OS.